The Morgan fingerprint density at radius 3 is 2.65 bits per heavy atom. The zero-order valence-electron chi connectivity index (χ0n) is 14.1. The first-order valence-electron chi connectivity index (χ1n) is 8.01. The summed E-state index contributed by atoms with van der Waals surface area (Å²) in [5.41, 5.74) is 9.90. The lowest BCUT2D eigenvalue weighted by Crippen LogP contribution is -2.40. The number of amides is 1. The van der Waals surface area contributed by atoms with Crippen molar-refractivity contribution in [2.45, 2.75) is 52.5 Å². The van der Waals surface area contributed by atoms with E-state index < -0.39 is 0 Å². The number of unbranched alkanes of at least 4 members (excludes halogenated alkanes) is 1. The van der Waals surface area contributed by atoms with E-state index in [9.17, 15) is 4.79 Å². The number of carbonyl (C=O) groups is 1. The van der Waals surface area contributed by atoms with E-state index in [0.717, 1.165) is 35.8 Å². The predicted molar refractivity (Wildman–Crippen MR) is 97.2 cm³/mol. The number of fused-ring (bicyclic) bond motifs is 1. The Balaban J connectivity index is 0.00000264. The number of aryl methyl sites for hydroxylation is 2. The van der Waals surface area contributed by atoms with E-state index in [4.69, 9.17) is 10.2 Å². The second-order valence-electron chi connectivity index (χ2n) is 6.01. The minimum atomic E-state index is 0. The highest BCUT2D eigenvalue weighted by molar-refractivity contribution is 5.88. The normalized spacial score (nSPS) is 12.0. The molecule has 1 aromatic heterocycles. The Labute approximate surface area is 144 Å². The fraction of sp³-hybridized carbons (Fsp3) is 0.500. The van der Waals surface area contributed by atoms with Gasteiger partial charge in [0.1, 0.15) is 5.58 Å². The van der Waals surface area contributed by atoms with Crippen molar-refractivity contribution in [3.8, 4) is 0 Å². The second kappa shape index (κ2) is 8.94. The van der Waals surface area contributed by atoms with Crippen molar-refractivity contribution in [3.63, 3.8) is 0 Å². The van der Waals surface area contributed by atoms with Gasteiger partial charge in [-0.25, -0.2) is 0 Å². The summed E-state index contributed by atoms with van der Waals surface area (Å²) in [7, 11) is 0. The maximum atomic E-state index is 12.2. The van der Waals surface area contributed by atoms with Crippen molar-refractivity contribution < 1.29 is 9.21 Å². The molecule has 0 bridgehead atoms. The van der Waals surface area contributed by atoms with Crippen LogP contribution in [-0.2, 0) is 11.2 Å². The number of hydrogen-bond acceptors (Lipinski definition) is 3. The first kappa shape index (κ1) is 19.5. The number of benzene rings is 1. The van der Waals surface area contributed by atoms with Crippen LogP contribution in [0.2, 0.25) is 0 Å². The lowest BCUT2D eigenvalue weighted by Gasteiger charge is -2.16. The molecule has 4 nitrogen and oxygen atoms in total. The van der Waals surface area contributed by atoms with Gasteiger partial charge in [0.15, 0.2) is 0 Å². The Morgan fingerprint density at radius 2 is 2.00 bits per heavy atom. The zero-order valence-corrected chi connectivity index (χ0v) is 15.0. The van der Waals surface area contributed by atoms with Crippen LogP contribution < -0.4 is 11.1 Å². The third kappa shape index (κ3) is 4.98. The Bertz CT molecular complexity index is 652. The summed E-state index contributed by atoms with van der Waals surface area (Å²) in [4.78, 5) is 12.2. The molecule has 0 aliphatic rings. The molecule has 0 aliphatic carbocycles. The fourth-order valence-electron chi connectivity index (χ4n) is 2.62. The van der Waals surface area contributed by atoms with Crippen molar-refractivity contribution in [3.05, 3.63) is 35.1 Å². The summed E-state index contributed by atoms with van der Waals surface area (Å²) in [5.74, 6) is 0.00693. The highest BCUT2D eigenvalue weighted by atomic mass is 35.5. The molecule has 1 unspecified atom stereocenters. The number of nitrogens with one attached hydrogen (secondary N) is 1. The van der Waals surface area contributed by atoms with Gasteiger partial charge in [-0.1, -0.05) is 19.8 Å². The van der Waals surface area contributed by atoms with Crippen LogP contribution in [0.3, 0.4) is 0 Å². The van der Waals surface area contributed by atoms with Gasteiger partial charge < -0.3 is 15.5 Å². The number of furan rings is 1. The molecule has 3 N–H and O–H groups in total. The fourth-order valence-corrected chi connectivity index (χ4v) is 2.62. The summed E-state index contributed by atoms with van der Waals surface area (Å²) >= 11 is 0. The average Bonchev–Trinajstić information content (AvgIpc) is 2.86. The quantitative estimate of drug-likeness (QED) is 0.809. The Kier molecular flexibility index (Phi) is 7.59. The SMILES string of the molecule is CCCCC(CN)NC(=O)Cc1coc2cc(C)c(C)cc12.Cl. The lowest BCUT2D eigenvalue weighted by molar-refractivity contribution is -0.121. The minimum Gasteiger partial charge on any atom is -0.464 e. The molecule has 1 aromatic carbocycles. The molecular weight excluding hydrogens is 312 g/mol. The van der Waals surface area contributed by atoms with E-state index in [0.29, 0.717) is 13.0 Å². The first-order valence-corrected chi connectivity index (χ1v) is 8.01. The van der Waals surface area contributed by atoms with Crippen LogP contribution in [0, 0.1) is 13.8 Å². The van der Waals surface area contributed by atoms with Crippen LogP contribution in [-0.4, -0.2) is 18.5 Å². The van der Waals surface area contributed by atoms with Crippen molar-refractivity contribution >= 4 is 29.3 Å². The minimum absolute atomic E-state index is 0. The largest absolute Gasteiger partial charge is 0.464 e. The summed E-state index contributed by atoms with van der Waals surface area (Å²) in [6.07, 6.45) is 5.14. The highest BCUT2D eigenvalue weighted by Crippen LogP contribution is 2.25. The number of nitrogens with two attached hydrogens (primary N) is 1. The van der Waals surface area contributed by atoms with E-state index >= 15 is 0 Å². The van der Waals surface area contributed by atoms with Crippen LogP contribution >= 0.6 is 12.4 Å². The molecule has 0 saturated heterocycles. The van der Waals surface area contributed by atoms with Crippen molar-refractivity contribution in [1.82, 2.24) is 5.32 Å². The maximum Gasteiger partial charge on any atom is 0.224 e. The topological polar surface area (TPSA) is 68.3 Å². The molecule has 1 amide bonds. The third-order valence-electron chi connectivity index (χ3n) is 4.18. The van der Waals surface area contributed by atoms with E-state index in [1.54, 1.807) is 6.26 Å². The van der Waals surface area contributed by atoms with Crippen LogP contribution in [0.1, 0.15) is 42.9 Å². The predicted octanol–water partition coefficient (Wildman–Crippen LogP) is 3.65. The molecule has 1 heterocycles. The number of carbonyl (C=O) groups excluding carboxylic acids is 1. The van der Waals surface area contributed by atoms with Crippen LogP contribution in [0.5, 0.6) is 0 Å². The molecule has 0 fully saturated rings. The summed E-state index contributed by atoms with van der Waals surface area (Å²) in [6, 6.07) is 4.18. The highest BCUT2D eigenvalue weighted by Gasteiger charge is 2.14. The van der Waals surface area contributed by atoms with Gasteiger partial charge in [-0.05, 0) is 43.5 Å². The van der Waals surface area contributed by atoms with Crippen LogP contribution in [0.4, 0.5) is 0 Å². The monoisotopic (exact) mass is 338 g/mol. The van der Waals surface area contributed by atoms with Crippen molar-refractivity contribution in [2.75, 3.05) is 6.54 Å². The van der Waals surface area contributed by atoms with E-state index in [2.05, 4.69) is 32.2 Å². The molecule has 0 saturated carbocycles. The molecule has 5 heteroatoms. The first-order chi connectivity index (χ1) is 10.5. The van der Waals surface area contributed by atoms with Gasteiger partial charge in [0.25, 0.3) is 0 Å². The molecule has 0 spiro atoms. The van der Waals surface area contributed by atoms with Crippen LogP contribution in [0.25, 0.3) is 11.0 Å². The summed E-state index contributed by atoms with van der Waals surface area (Å²) < 4.78 is 5.58. The van der Waals surface area contributed by atoms with Gasteiger partial charge in [0, 0.05) is 23.5 Å². The second-order valence-corrected chi connectivity index (χ2v) is 6.01. The van der Waals surface area contributed by atoms with Crippen LogP contribution in [0.15, 0.2) is 22.8 Å². The van der Waals surface area contributed by atoms with Gasteiger partial charge in [0.05, 0.1) is 12.7 Å². The summed E-state index contributed by atoms with van der Waals surface area (Å²) in [5, 5.41) is 4.05. The standard InChI is InChI=1S/C18H26N2O2.ClH/c1-4-5-6-15(10-19)20-18(21)9-14-11-22-17-8-13(3)12(2)7-16(14)17;/h7-8,11,15H,4-6,9-10,19H2,1-3H3,(H,20,21);1H. The number of rotatable bonds is 7. The van der Waals surface area contributed by atoms with E-state index in [1.807, 2.05) is 6.07 Å². The van der Waals surface area contributed by atoms with Crippen molar-refractivity contribution in [2.24, 2.45) is 5.73 Å². The molecule has 2 aromatic rings. The molecule has 1 atom stereocenters. The van der Waals surface area contributed by atoms with E-state index in [1.165, 1.54) is 11.1 Å². The zero-order chi connectivity index (χ0) is 16.1. The van der Waals surface area contributed by atoms with Crippen molar-refractivity contribution in [1.29, 1.82) is 0 Å². The van der Waals surface area contributed by atoms with E-state index in [-0.39, 0.29) is 24.4 Å². The molecule has 0 aliphatic heterocycles. The molecular formula is C18H27ClN2O2. The van der Waals surface area contributed by atoms with Gasteiger partial charge in [-0.15, -0.1) is 12.4 Å². The van der Waals surface area contributed by atoms with Gasteiger partial charge >= 0.3 is 0 Å². The summed E-state index contributed by atoms with van der Waals surface area (Å²) in [6.45, 7) is 6.75. The molecule has 2 rings (SSSR count). The Hall–Kier alpha value is -1.52. The smallest absolute Gasteiger partial charge is 0.224 e. The molecule has 128 valence electrons. The third-order valence-corrected chi connectivity index (χ3v) is 4.18. The lowest BCUT2D eigenvalue weighted by atomic mass is 10.0. The molecule has 23 heavy (non-hydrogen) atoms. The Morgan fingerprint density at radius 1 is 1.30 bits per heavy atom. The van der Waals surface area contributed by atoms with Gasteiger partial charge in [-0.2, -0.15) is 0 Å². The number of halogens is 1. The molecule has 0 radical (unpaired) electrons. The maximum absolute atomic E-state index is 12.2. The van der Waals surface area contributed by atoms with Gasteiger partial charge in [-0.3, -0.25) is 4.79 Å². The average molecular weight is 339 g/mol. The van der Waals surface area contributed by atoms with Gasteiger partial charge in [0.2, 0.25) is 5.91 Å². The number of hydrogen-bond donors (Lipinski definition) is 2.